The first kappa shape index (κ1) is 25.5. The number of carbonyl (C=O) groups is 1. The molecule has 31 heavy (non-hydrogen) atoms. The predicted molar refractivity (Wildman–Crippen MR) is 136 cm³/mol. The fraction of sp³-hybridized carbons (Fsp3) is 0.500. The second-order valence-corrected chi connectivity index (χ2v) is 8.21. The summed E-state index contributed by atoms with van der Waals surface area (Å²) in [7, 11) is 0. The van der Waals surface area contributed by atoms with E-state index < -0.39 is 0 Å². The number of rotatable bonds is 9. The number of aryl methyl sites for hydroxylation is 1. The first-order valence-electron chi connectivity index (χ1n) is 10.5. The summed E-state index contributed by atoms with van der Waals surface area (Å²) in [5.41, 5.74) is 3.67. The molecule has 0 bridgehead atoms. The average Bonchev–Trinajstić information content (AvgIpc) is 3.40. The molecule has 0 aliphatic carbocycles. The van der Waals surface area contributed by atoms with Gasteiger partial charge in [0.25, 0.3) is 5.91 Å². The smallest absolute Gasteiger partial charge is 0.263 e. The first-order chi connectivity index (χ1) is 14.7. The van der Waals surface area contributed by atoms with Crippen molar-refractivity contribution < 1.29 is 9.53 Å². The lowest BCUT2D eigenvalue weighted by Gasteiger charge is -2.21. The number of ether oxygens (including phenoxy) is 1. The molecule has 1 aromatic carbocycles. The number of carbonyl (C=O) groups excluding carboxylic acids is 1. The molecule has 1 saturated heterocycles. The fourth-order valence-corrected chi connectivity index (χ4v) is 4.15. The number of hydrogen-bond donors (Lipinski definition) is 2. The Labute approximate surface area is 205 Å². The molecule has 1 aliphatic rings. The van der Waals surface area contributed by atoms with Crippen LogP contribution in [-0.4, -0.2) is 61.1 Å². The first-order valence-corrected chi connectivity index (χ1v) is 11.4. The SMILES string of the molecule is CCNC(=NCCNC(=O)c1scnc1C)N1CCC(COCc2ccccc2)C1.I. The summed E-state index contributed by atoms with van der Waals surface area (Å²) >= 11 is 1.36. The van der Waals surface area contributed by atoms with Gasteiger partial charge in [0.15, 0.2) is 5.96 Å². The Kier molecular flexibility index (Phi) is 11.2. The maximum absolute atomic E-state index is 12.2. The van der Waals surface area contributed by atoms with Crippen LogP contribution in [0.1, 0.15) is 34.3 Å². The zero-order chi connectivity index (χ0) is 21.2. The minimum absolute atomic E-state index is 0. The molecule has 2 N–H and O–H groups in total. The Hall–Kier alpha value is -1.72. The van der Waals surface area contributed by atoms with Crippen LogP contribution in [0.4, 0.5) is 0 Å². The Balaban J connectivity index is 0.00000341. The van der Waals surface area contributed by atoms with Crippen LogP contribution in [0.25, 0.3) is 0 Å². The van der Waals surface area contributed by atoms with Gasteiger partial charge in [-0.25, -0.2) is 4.98 Å². The molecule has 1 aliphatic heterocycles. The number of likely N-dealkylation sites (tertiary alicyclic amines) is 1. The van der Waals surface area contributed by atoms with Gasteiger partial charge < -0.3 is 20.3 Å². The van der Waals surface area contributed by atoms with Gasteiger partial charge in [0.2, 0.25) is 0 Å². The summed E-state index contributed by atoms with van der Waals surface area (Å²) in [5.74, 6) is 1.34. The summed E-state index contributed by atoms with van der Waals surface area (Å²) in [6, 6.07) is 10.3. The van der Waals surface area contributed by atoms with Crippen LogP contribution in [0.15, 0.2) is 40.8 Å². The van der Waals surface area contributed by atoms with Crippen molar-refractivity contribution >= 4 is 47.2 Å². The van der Waals surface area contributed by atoms with Crippen LogP contribution in [-0.2, 0) is 11.3 Å². The van der Waals surface area contributed by atoms with Gasteiger partial charge in [-0.15, -0.1) is 35.3 Å². The lowest BCUT2D eigenvalue weighted by molar-refractivity contribution is 0.0906. The minimum Gasteiger partial charge on any atom is -0.376 e. The maximum atomic E-state index is 12.2. The number of nitrogens with zero attached hydrogens (tertiary/aromatic N) is 3. The Morgan fingerprint density at radius 2 is 2.13 bits per heavy atom. The third-order valence-electron chi connectivity index (χ3n) is 5.00. The van der Waals surface area contributed by atoms with E-state index in [9.17, 15) is 4.79 Å². The van der Waals surface area contributed by atoms with Gasteiger partial charge in [-0.2, -0.15) is 0 Å². The molecule has 1 aromatic heterocycles. The number of halogens is 1. The number of amides is 1. The van der Waals surface area contributed by atoms with Gasteiger partial charge in [-0.05, 0) is 25.8 Å². The number of aliphatic imine (C=N–C) groups is 1. The molecule has 1 unspecified atom stereocenters. The lowest BCUT2D eigenvalue weighted by Crippen LogP contribution is -2.40. The summed E-state index contributed by atoms with van der Waals surface area (Å²) in [4.78, 5) is 23.9. The second-order valence-electron chi connectivity index (χ2n) is 7.36. The monoisotopic (exact) mass is 557 g/mol. The molecule has 3 rings (SSSR count). The second kappa shape index (κ2) is 13.6. The van der Waals surface area contributed by atoms with Crippen molar-refractivity contribution in [3.05, 3.63) is 52.0 Å². The van der Waals surface area contributed by atoms with Crippen LogP contribution in [0.3, 0.4) is 0 Å². The highest BCUT2D eigenvalue weighted by atomic mass is 127. The van der Waals surface area contributed by atoms with Crippen molar-refractivity contribution in [1.82, 2.24) is 20.5 Å². The van der Waals surface area contributed by atoms with E-state index in [1.54, 1.807) is 5.51 Å². The quantitative estimate of drug-likeness (QED) is 0.214. The van der Waals surface area contributed by atoms with E-state index in [0.717, 1.165) is 44.3 Å². The van der Waals surface area contributed by atoms with E-state index in [-0.39, 0.29) is 29.9 Å². The van der Waals surface area contributed by atoms with Gasteiger partial charge in [-0.3, -0.25) is 9.79 Å². The number of thiazole rings is 1. The lowest BCUT2D eigenvalue weighted by atomic mass is 10.1. The molecule has 7 nitrogen and oxygen atoms in total. The highest BCUT2D eigenvalue weighted by molar-refractivity contribution is 14.0. The summed E-state index contributed by atoms with van der Waals surface area (Å²) in [6.07, 6.45) is 1.10. The molecule has 170 valence electrons. The van der Waals surface area contributed by atoms with Gasteiger partial charge in [-0.1, -0.05) is 30.3 Å². The molecule has 2 aromatic rings. The Morgan fingerprint density at radius 1 is 1.32 bits per heavy atom. The normalized spacial score (nSPS) is 16.1. The van der Waals surface area contributed by atoms with Gasteiger partial charge in [0.1, 0.15) is 4.88 Å². The van der Waals surface area contributed by atoms with Crippen LogP contribution < -0.4 is 10.6 Å². The van der Waals surface area contributed by atoms with E-state index in [0.29, 0.717) is 30.5 Å². The summed E-state index contributed by atoms with van der Waals surface area (Å²) in [6.45, 7) is 9.10. The zero-order valence-corrected chi connectivity index (χ0v) is 21.3. The van der Waals surface area contributed by atoms with Crippen molar-refractivity contribution in [3.63, 3.8) is 0 Å². The number of aromatic nitrogens is 1. The third kappa shape index (κ3) is 8.04. The van der Waals surface area contributed by atoms with Gasteiger partial charge >= 0.3 is 0 Å². The van der Waals surface area contributed by atoms with Gasteiger partial charge in [0.05, 0.1) is 31.0 Å². The minimum atomic E-state index is -0.0768. The zero-order valence-electron chi connectivity index (χ0n) is 18.2. The molecule has 1 atom stereocenters. The fourth-order valence-electron chi connectivity index (χ4n) is 3.44. The van der Waals surface area contributed by atoms with Crippen molar-refractivity contribution in [3.8, 4) is 0 Å². The van der Waals surface area contributed by atoms with E-state index in [4.69, 9.17) is 9.73 Å². The summed E-state index contributed by atoms with van der Waals surface area (Å²) in [5, 5.41) is 6.29. The molecule has 0 spiro atoms. The average molecular weight is 558 g/mol. The Morgan fingerprint density at radius 3 is 2.84 bits per heavy atom. The van der Waals surface area contributed by atoms with Crippen LogP contribution in [0.2, 0.25) is 0 Å². The number of guanidine groups is 1. The molecule has 1 amide bonds. The van der Waals surface area contributed by atoms with Crippen LogP contribution in [0, 0.1) is 12.8 Å². The predicted octanol–water partition coefficient (Wildman–Crippen LogP) is 3.30. The van der Waals surface area contributed by atoms with E-state index >= 15 is 0 Å². The highest BCUT2D eigenvalue weighted by Gasteiger charge is 2.25. The van der Waals surface area contributed by atoms with Crippen molar-refractivity contribution in [2.24, 2.45) is 10.9 Å². The molecule has 1 fully saturated rings. The standard InChI is InChI=1S/C22H31N5O2S.HI/c1-3-23-22(25-11-10-24-21(28)20-17(2)26-16-30-20)27-12-9-19(13-27)15-29-14-18-7-5-4-6-8-18;/h4-8,16,19H,3,9-15H2,1-2H3,(H,23,25)(H,24,28);1H. The third-order valence-corrected chi connectivity index (χ3v) is 5.92. The number of benzene rings is 1. The molecular weight excluding hydrogens is 525 g/mol. The Bertz CT molecular complexity index is 830. The van der Waals surface area contributed by atoms with Crippen molar-refractivity contribution in [2.45, 2.75) is 26.9 Å². The largest absolute Gasteiger partial charge is 0.376 e. The molecule has 9 heteroatoms. The number of hydrogen-bond acceptors (Lipinski definition) is 5. The summed E-state index contributed by atoms with van der Waals surface area (Å²) < 4.78 is 5.92. The van der Waals surface area contributed by atoms with Gasteiger partial charge in [0, 0.05) is 32.1 Å². The number of nitrogens with one attached hydrogen (secondary N) is 2. The van der Waals surface area contributed by atoms with Crippen LogP contribution in [0.5, 0.6) is 0 Å². The van der Waals surface area contributed by atoms with Crippen LogP contribution >= 0.6 is 35.3 Å². The van der Waals surface area contributed by atoms with E-state index in [1.165, 1.54) is 16.9 Å². The molecule has 2 heterocycles. The van der Waals surface area contributed by atoms with E-state index in [1.807, 2.05) is 25.1 Å². The molecule has 0 radical (unpaired) electrons. The molecule has 0 saturated carbocycles. The topological polar surface area (TPSA) is 78.8 Å². The molecular formula is C22H32IN5O2S. The highest BCUT2D eigenvalue weighted by Crippen LogP contribution is 2.17. The maximum Gasteiger partial charge on any atom is 0.263 e. The van der Waals surface area contributed by atoms with E-state index in [2.05, 4.69) is 39.6 Å². The van der Waals surface area contributed by atoms with Crippen molar-refractivity contribution in [1.29, 1.82) is 0 Å². The van der Waals surface area contributed by atoms with Crippen molar-refractivity contribution in [2.75, 3.05) is 39.3 Å².